The highest BCUT2D eigenvalue weighted by Crippen LogP contribution is 2.35. The summed E-state index contributed by atoms with van der Waals surface area (Å²) in [5.41, 5.74) is 5.54. The molecule has 0 aliphatic carbocycles. The number of fused-ring (bicyclic) bond motifs is 1. The maximum absolute atomic E-state index is 12.7. The van der Waals surface area contributed by atoms with Crippen LogP contribution in [-0.4, -0.2) is 32.2 Å². The average molecular weight is 490 g/mol. The molecule has 0 saturated carbocycles. The molecule has 1 aromatic carbocycles. The number of oxazole rings is 1. The molecule has 0 fully saturated rings. The zero-order valence-electron chi connectivity index (χ0n) is 19.9. The van der Waals surface area contributed by atoms with Crippen molar-refractivity contribution in [3.63, 3.8) is 0 Å². The first-order valence-corrected chi connectivity index (χ1v) is 12.5. The van der Waals surface area contributed by atoms with E-state index in [-0.39, 0.29) is 17.6 Å². The Hall–Kier alpha value is -3.56. The second-order valence-electron chi connectivity index (χ2n) is 8.97. The zero-order valence-corrected chi connectivity index (χ0v) is 20.7. The molecule has 4 heterocycles. The molecule has 180 valence electrons. The maximum Gasteiger partial charge on any atom is 0.295 e. The summed E-state index contributed by atoms with van der Waals surface area (Å²) in [6.07, 6.45) is 4.47. The van der Waals surface area contributed by atoms with Crippen LogP contribution in [0.1, 0.15) is 59.5 Å². The second-order valence-corrected chi connectivity index (χ2v) is 9.82. The average Bonchev–Trinajstić information content (AvgIpc) is 3.48. The summed E-state index contributed by atoms with van der Waals surface area (Å²) in [4.78, 5) is 27.9. The molecule has 0 saturated heterocycles. The Kier molecular flexibility index (Phi) is 6.36. The summed E-state index contributed by atoms with van der Waals surface area (Å²) in [6.45, 7) is 6.29. The van der Waals surface area contributed by atoms with E-state index < -0.39 is 6.23 Å². The Morgan fingerprint density at radius 3 is 2.91 bits per heavy atom. The number of thiazole rings is 1. The Morgan fingerprint density at radius 1 is 1.31 bits per heavy atom. The van der Waals surface area contributed by atoms with Crippen LogP contribution in [-0.2, 0) is 13.0 Å². The van der Waals surface area contributed by atoms with Gasteiger partial charge >= 0.3 is 0 Å². The standard InChI is InChI=1S/C26H27N5O3S/c1-15(2)25-28-16(3)23(34-25)24(33)30-26-29-20(14-35-26)18-6-8-21-19(11-18)7-9-22(32)31(21)13-17-5-4-10-27-12-17/h4-6,8,10-12,14-15,22,32H,7,9,13H2,1-3H3,(H,29,30,33). The summed E-state index contributed by atoms with van der Waals surface area (Å²) in [6, 6.07) is 10.1. The monoisotopic (exact) mass is 489 g/mol. The quantitative estimate of drug-likeness (QED) is 0.386. The van der Waals surface area contributed by atoms with Gasteiger partial charge in [-0.2, -0.15) is 0 Å². The molecule has 1 amide bonds. The van der Waals surface area contributed by atoms with Gasteiger partial charge in [0.1, 0.15) is 6.23 Å². The summed E-state index contributed by atoms with van der Waals surface area (Å²) < 4.78 is 5.65. The van der Waals surface area contributed by atoms with Gasteiger partial charge in [-0.15, -0.1) is 11.3 Å². The van der Waals surface area contributed by atoms with Gasteiger partial charge in [0.25, 0.3) is 5.91 Å². The van der Waals surface area contributed by atoms with E-state index >= 15 is 0 Å². The first kappa shape index (κ1) is 23.2. The van der Waals surface area contributed by atoms with Crippen LogP contribution in [0.15, 0.2) is 52.5 Å². The van der Waals surface area contributed by atoms with Gasteiger partial charge in [0.15, 0.2) is 11.0 Å². The fraction of sp³-hybridized carbons (Fsp3) is 0.308. The van der Waals surface area contributed by atoms with Crippen molar-refractivity contribution in [3.05, 3.63) is 76.6 Å². The Labute approximate surface area is 207 Å². The normalized spacial score (nSPS) is 15.3. The highest BCUT2D eigenvalue weighted by atomic mass is 32.1. The number of hydrogen-bond acceptors (Lipinski definition) is 8. The van der Waals surface area contributed by atoms with Crippen LogP contribution < -0.4 is 10.2 Å². The number of aryl methyl sites for hydroxylation is 2. The van der Waals surface area contributed by atoms with Gasteiger partial charge in [-0.3, -0.25) is 15.1 Å². The summed E-state index contributed by atoms with van der Waals surface area (Å²) in [7, 11) is 0. The molecule has 1 aliphatic heterocycles. The number of amides is 1. The number of nitrogens with one attached hydrogen (secondary N) is 1. The topological polar surface area (TPSA) is 104 Å². The van der Waals surface area contributed by atoms with Crippen LogP contribution in [0.25, 0.3) is 11.3 Å². The van der Waals surface area contributed by atoms with Crippen molar-refractivity contribution in [2.75, 3.05) is 10.2 Å². The number of carbonyl (C=O) groups excluding carboxylic acids is 1. The van der Waals surface area contributed by atoms with Gasteiger partial charge in [0, 0.05) is 41.5 Å². The summed E-state index contributed by atoms with van der Waals surface area (Å²) in [5, 5.41) is 15.9. The van der Waals surface area contributed by atoms with Gasteiger partial charge in [-0.25, -0.2) is 9.97 Å². The lowest BCUT2D eigenvalue weighted by Crippen LogP contribution is -2.38. The van der Waals surface area contributed by atoms with Crippen LogP contribution >= 0.6 is 11.3 Å². The minimum Gasteiger partial charge on any atom is -0.435 e. The summed E-state index contributed by atoms with van der Waals surface area (Å²) >= 11 is 1.36. The molecule has 4 aromatic rings. The fourth-order valence-corrected chi connectivity index (χ4v) is 4.91. The van der Waals surface area contributed by atoms with Gasteiger partial charge in [0.05, 0.1) is 11.4 Å². The smallest absolute Gasteiger partial charge is 0.295 e. The lowest BCUT2D eigenvalue weighted by Gasteiger charge is -2.36. The van der Waals surface area contributed by atoms with Crippen molar-refractivity contribution in [2.24, 2.45) is 0 Å². The van der Waals surface area contributed by atoms with Crippen molar-refractivity contribution in [2.45, 2.75) is 52.3 Å². The van der Waals surface area contributed by atoms with Crippen molar-refractivity contribution in [1.29, 1.82) is 0 Å². The Bertz CT molecular complexity index is 1350. The SMILES string of the molecule is Cc1nc(C(C)C)oc1C(=O)Nc1nc(-c2ccc3c(c2)CCC(O)N3Cc2cccnc2)cs1. The number of hydrogen-bond donors (Lipinski definition) is 2. The van der Waals surface area contributed by atoms with Gasteiger partial charge < -0.3 is 14.4 Å². The molecule has 9 heteroatoms. The summed E-state index contributed by atoms with van der Waals surface area (Å²) in [5.74, 6) is 0.510. The third kappa shape index (κ3) is 4.82. The predicted molar refractivity (Wildman–Crippen MR) is 136 cm³/mol. The minimum atomic E-state index is -0.537. The van der Waals surface area contributed by atoms with E-state index in [1.165, 1.54) is 11.3 Å². The number of rotatable bonds is 6. The molecular formula is C26H27N5O3S. The Morgan fingerprint density at radius 2 is 2.17 bits per heavy atom. The van der Waals surface area contributed by atoms with Crippen LogP contribution in [0.4, 0.5) is 10.8 Å². The molecule has 0 bridgehead atoms. The van der Waals surface area contributed by atoms with Gasteiger partial charge in [-0.05, 0) is 49.1 Å². The predicted octanol–water partition coefficient (Wildman–Crippen LogP) is 5.15. The third-order valence-electron chi connectivity index (χ3n) is 6.03. The van der Waals surface area contributed by atoms with E-state index in [0.29, 0.717) is 29.7 Å². The molecule has 0 radical (unpaired) electrons. The van der Waals surface area contributed by atoms with Gasteiger partial charge in [0.2, 0.25) is 5.76 Å². The van der Waals surface area contributed by atoms with Crippen molar-refractivity contribution in [1.82, 2.24) is 15.0 Å². The molecule has 2 N–H and O–H groups in total. The number of carbonyl (C=O) groups is 1. The largest absolute Gasteiger partial charge is 0.435 e. The van der Waals surface area contributed by atoms with E-state index in [0.717, 1.165) is 34.5 Å². The number of aliphatic hydroxyl groups excluding tert-OH is 1. The number of pyridine rings is 1. The molecular weight excluding hydrogens is 462 g/mol. The van der Waals surface area contributed by atoms with Crippen LogP contribution in [0, 0.1) is 6.92 Å². The molecule has 1 unspecified atom stereocenters. The maximum atomic E-state index is 12.7. The first-order chi connectivity index (χ1) is 16.9. The molecule has 35 heavy (non-hydrogen) atoms. The first-order valence-electron chi connectivity index (χ1n) is 11.6. The number of anilines is 2. The number of aliphatic hydroxyl groups is 1. The number of aromatic nitrogens is 3. The molecule has 1 aliphatic rings. The molecule has 8 nitrogen and oxygen atoms in total. The lowest BCUT2D eigenvalue weighted by molar-refractivity contribution is 0.0993. The van der Waals surface area contributed by atoms with E-state index in [9.17, 15) is 9.90 Å². The van der Waals surface area contributed by atoms with E-state index in [1.807, 2.05) is 54.6 Å². The molecule has 1 atom stereocenters. The molecule has 5 rings (SSSR count). The molecule has 0 spiro atoms. The number of benzene rings is 1. The van der Waals surface area contributed by atoms with Crippen molar-refractivity contribution < 1.29 is 14.3 Å². The van der Waals surface area contributed by atoms with Gasteiger partial charge in [-0.1, -0.05) is 26.0 Å². The van der Waals surface area contributed by atoms with Crippen LogP contribution in [0.3, 0.4) is 0 Å². The lowest BCUT2D eigenvalue weighted by atomic mass is 9.97. The highest BCUT2D eigenvalue weighted by molar-refractivity contribution is 7.14. The zero-order chi connectivity index (χ0) is 24.5. The molecule has 3 aromatic heterocycles. The third-order valence-corrected chi connectivity index (χ3v) is 6.79. The minimum absolute atomic E-state index is 0.104. The van der Waals surface area contributed by atoms with Crippen molar-refractivity contribution in [3.8, 4) is 11.3 Å². The van der Waals surface area contributed by atoms with E-state index in [4.69, 9.17) is 4.42 Å². The number of nitrogens with zero attached hydrogens (tertiary/aromatic N) is 4. The fourth-order valence-electron chi connectivity index (χ4n) is 4.20. The Balaban J connectivity index is 1.34. The van der Waals surface area contributed by atoms with E-state index in [2.05, 4.69) is 26.3 Å². The van der Waals surface area contributed by atoms with Crippen LogP contribution in [0.2, 0.25) is 0 Å². The van der Waals surface area contributed by atoms with E-state index in [1.54, 1.807) is 13.1 Å². The highest BCUT2D eigenvalue weighted by Gasteiger charge is 2.25. The second kappa shape index (κ2) is 9.59. The van der Waals surface area contributed by atoms with Crippen molar-refractivity contribution >= 4 is 28.1 Å². The van der Waals surface area contributed by atoms with Crippen LogP contribution in [0.5, 0.6) is 0 Å².